The Morgan fingerprint density at radius 3 is 2.59 bits per heavy atom. The lowest BCUT2D eigenvalue weighted by molar-refractivity contribution is 0.244. The van der Waals surface area contributed by atoms with Gasteiger partial charge in [-0.25, -0.2) is 4.79 Å². The van der Waals surface area contributed by atoms with E-state index in [1.807, 2.05) is 42.5 Å². The summed E-state index contributed by atoms with van der Waals surface area (Å²) in [6.45, 7) is 0.377. The van der Waals surface area contributed by atoms with E-state index in [1.165, 1.54) is 0 Å². The lowest BCUT2D eigenvalue weighted by atomic mass is 10.2. The quantitative estimate of drug-likeness (QED) is 0.881. The Labute approximate surface area is 134 Å². The summed E-state index contributed by atoms with van der Waals surface area (Å²) in [5, 5.41) is 6.02. The van der Waals surface area contributed by atoms with Gasteiger partial charge in [0.2, 0.25) is 0 Å². The summed E-state index contributed by atoms with van der Waals surface area (Å²) in [6.07, 6.45) is 3.39. The molecule has 2 amide bonds. The average Bonchev–Trinajstić information content (AvgIpc) is 2.55. The molecule has 0 fully saturated rings. The second-order valence-electron chi connectivity index (χ2n) is 4.52. The first kappa shape index (κ1) is 15.9. The van der Waals surface area contributed by atoms with Crippen LogP contribution in [0.25, 0.3) is 6.08 Å². The van der Waals surface area contributed by atoms with Crippen LogP contribution in [0.3, 0.4) is 0 Å². The van der Waals surface area contributed by atoms with Crippen molar-refractivity contribution in [1.82, 2.24) is 10.6 Å². The number of urea groups is 1. The van der Waals surface area contributed by atoms with Gasteiger partial charge < -0.3 is 15.4 Å². The van der Waals surface area contributed by atoms with Gasteiger partial charge in [-0.3, -0.25) is 0 Å². The van der Waals surface area contributed by atoms with Gasteiger partial charge in [0, 0.05) is 17.8 Å². The van der Waals surface area contributed by atoms with Gasteiger partial charge in [-0.2, -0.15) is 0 Å². The van der Waals surface area contributed by atoms with Gasteiger partial charge in [0.25, 0.3) is 0 Å². The molecule has 0 aromatic heterocycles. The summed E-state index contributed by atoms with van der Waals surface area (Å²) in [6, 6.07) is 14.6. The summed E-state index contributed by atoms with van der Waals surface area (Å²) < 4.78 is 5.08. The van der Waals surface area contributed by atoms with E-state index >= 15 is 0 Å². The van der Waals surface area contributed by atoms with Gasteiger partial charge >= 0.3 is 6.03 Å². The Morgan fingerprint density at radius 2 is 1.91 bits per heavy atom. The maximum absolute atomic E-state index is 11.7. The maximum Gasteiger partial charge on any atom is 0.319 e. The zero-order chi connectivity index (χ0) is 15.8. The van der Waals surface area contributed by atoms with Crippen LogP contribution in [0.4, 0.5) is 4.79 Å². The molecule has 0 spiro atoms. The van der Waals surface area contributed by atoms with Crippen molar-refractivity contribution in [1.29, 1.82) is 0 Å². The molecule has 0 aliphatic heterocycles. The second-order valence-corrected chi connectivity index (χ2v) is 4.93. The summed E-state index contributed by atoms with van der Waals surface area (Å²) in [5.41, 5.74) is 1.84. The highest BCUT2D eigenvalue weighted by Crippen LogP contribution is 2.14. The number of carbonyl (C=O) groups is 1. The molecule has 0 unspecified atom stereocenters. The standard InChI is InChI=1S/C17H17ClN2O2/c1-22-15-8-6-13(7-9-15)10-11-19-17(21)20-12-14-4-2-3-5-16(14)18/h2-11H,12H2,1H3,(H2,19,20,21)/b11-10+. The number of amides is 2. The first-order valence-electron chi connectivity index (χ1n) is 6.77. The van der Waals surface area contributed by atoms with Crippen LogP contribution in [0.1, 0.15) is 11.1 Å². The molecule has 0 radical (unpaired) electrons. The Kier molecular flexibility index (Phi) is 5.86. The minimum Gasteiger partial charge on any atom is -0.497 e. The highest BCUT2D eigenvalue weighted by Gasteiger charge is 2.01. The van der Waals surface area contributed by atoms with Gasteiger partial charge in [0.05, 0.1) is 7.11 Å². The largest absolute Gasteiger partial charge is 0.497 e. The number of hydrogen-bond donors (Lipinski definition) is 2. The van der Waals surface area contributed by atoms with Crippen LogP contribution in [-0.2, 0) is 6.54 Å². The Balaban J connectivity index is 1.79. The SMILES string of the molecule is COc1ccc(/C=C/NC(=O)NCc2ccccc2Cl)cc1. The van der Waals surface area contributed by atoms with Crippen molar-refractivity contribution >= 4 is 23.7 Å². The molecule has 0 aliphatic carbocycles. The first-order valence-corrected chi connectivity index (χ1v) is 7.15. The van der Waals surface area contributed by atoms with Crippen molar-refractivity contribution in [3.05, 3.63) is 70.9 Å². The van der Waals surface area contributed by atoms with E-state index in [4.69, 9.17) is 16.3 Å². The Hall–Kier alpha value is -2.46. The zero-order valence-electron chi connectivity index (χ0n) is 12.2. The number of nitrogens with one attached hydrogen (secondary N) is 2. The minimum atomic E-state index is -0.287. The molecule has 4 nitrogen and oxygen atoms in total. The van der Waals surface area contributed by atoms with E-state index in [-0.39, 0.29) is 6.03 Å². The van der Waals surface area contributed by atoms with Crippen molar-refractivity contribution in [3.63, 3.8) is 0 Å². The smallest absolute Gasteiger partial charge is 0.319 e. The highest BCUT2D eigenvalue weighted by atomic mass is 35.5. The Bertz CT molecular complexity index is 654. The molecule has 0 heterocycles. The van der Waals surface area contributed by atoms with Crippen LogP contribution in [0.2, 0.25) is 5.02 Å². The lowest BCUT2D eigenvalue weighted by Gasteiger charge is -2.06. The van der Waals surface area contributed by atoms with Crippen LogP contribution in [-0.4, -0.2) is 13.1 Å². The first-order chi connectivity index (χ1) is 10.7. The third kappa shape index (κ3) is 4.82. The third-order valence-corrected chi connectivity index (χ3v) is 3.37. The number of benzene rings is 2. The van der Waals surface area contributed by atoms with E-state index < -0.39 is 0 Å². The average molecular weight is 317 g/mol. The monoisotopic (exact) mass is 316 g/mol. The van der Waals surface area contributed by atoms with Crippen molar-refractivity contribution in [3.8, 4) is 5.75 Å². The molecule has 0 atom stereocenters. The highest BCUT2D eigenvalue weighted by molar-refractivity contribution is 6.31. The molecule has 5 heteroatoms. The van der Waals surface area contributed by atoms with Gasteiger partial charge in [-0.1, -0.05) is 41.9 Å². The van der Waals surface area contributed by atoms with Gasteiger partial charge in [0.1, 0.15) is 5.75 Å². The van der Waals surface area contributed by atoms with Crippen molar-refractivity contribution in [2.45, 2.75) is 6.54 Å². The van der Waals surface area contributed by atoms with Crippen LogP contribution in [0, 0.1) is 0 Å². The topological polar surface area (TPSA) is 50.4 Å². The fraction of sp³-hybridized carbons (Fsp3) is 0.118. The van der Waals surface area contributed by atoms with E-state index in [1.54, 1.807) is 25.5 Å². The van der Waals surface area contributed by atoms with Crippen LogP contribution in [0.15, 0.2) is 54.7 Å². The van der Waals surface area contributed by atoms with Crippen molar-refractivity contribution in [2.75, 3.05) is 7.11 Å². The number of halogens is 1. The molecule has 2 N–H and O–H groups in total. The molecule has 2 aromatic carbocycles. The summed E-state index contributed by atoms with van der Waals surface area (Å²) >= 11 is 6.02. The number of methoxy groups -OCH3 is 1. The number of rotatable bonds is 5. The predicted molar refractivity (Wildman–Crippen MR) is 88.9 cm³/mol. The molecule has 0 bridgehead atoms. The Morgan fingerprint density at radius 1 is 1.18 bits per heavy atom. The summed E-state index contributed by atoms with van der Waals surface area (Å²) in [5.74, 6) is 0.794. The van der Waals surface area contributed by atoms with Gasteiger partial charge in [-0.15, -0.1) is 0 Å². The number of carbonyl (C=O) groups excluding carboxylic acids is 1. The van der Waals surface area contributed by atoms with E-state index in [0.29, 0.717) is 11.6 Å². The van der Waals surface area contributed by atoms with E-state index in [9.17, 15) is 4.79 Å². The van der Waals surface area contributed by atoms with E-state index in [0.717, 1.165) is 16.9 Å². The molecule has 114 valence electrons. The molecule has 0 saturated carbocycles. The minimum absolute atomic E-state index is 0.287. The van der Waals surface area contributed by atoms with Crippen molar-refractivity contribution < 1.29 is 9.53 Å². The molecule has 22 heavy (non-hydrogen) atoms. The molecule has 0 aliphatic rings. The fourth-order valence-corrected chi connectivity index (χ4v) is 2.00. The normalized spacial score (nSPS) is 10.5. The van der Waals surface area contributed by atoms with Gasteiger partial charge in [-0.05, 0) is 35.4 Å². The number of hydrogen-bond acceptors (Lipinski definition) is 2. The van der Waals surface area contributed by atoms with Gasteiger partial charge in [0.15, 0.2) is 0 Å². The molecule has 2 rings (SSSR count). The third-order valence-electron chi connectivity index (χ3n) is 3.00. The summed E-state index contributed by atoms with van der Waals surface area (Å²) in [7, 11) is 1.62. The van der Waals surface area contributed by atoms with Crippen LogP contribution in [0.5, 0.6) is 5.75 Å². The molecular formula is C17H17ClN2O2. The maximum atomic E-state index is 11.7. The van der Waals surface area contributed by atoms with Crippen molar-refractivity contribution in [2.24, 2.45) is 0 Å². The lowest BCUT2D eigenvalue weighted by Crippen LogP contribution is -2.31. The second kappa shape index (κ2) is 8.10. The molecule has 0 saturated heterocycles. The zero-order valence-corrected chi connectivity index (χ0v) is 12.9. The van der Waals surface area contributed by atoms with E-state index in [2.05, 4.69) is 10.6 Å². The van der Waals surface area contributed by atoms with Crippen LogP contribution >= 0.6 is 11.6 Å². The van der Waals surface area contributed by atoms with Crippen LogP contribution < -0.4 is 15.4 Å². The molecular weight excluding hydrogens is 300 g/mol. The number of ether oxygens (including phenoxy) is 1. The predicted octanol–water partition coefficient (Wildman–Crippen LogP) is 3.82. The fourth-order valence-electron chi connectivity index (χ4n) is 1.80. The molecule has 2 aromatic rings. The summed E-state index contributed by atoms with van der Waals surface area (Å²) in [4.78, 5) is 11.7.